The van der Waals surface area contributed by atoms with E-state index in [1.165, 1.54) is 0 Å². The van der Waals surface area contributed by atoms with Crippen molar-refractivity contribution in [3.05, 3.63) is 35.9 Å². The van der Waals surface area contributed by atoms with Crippen LogP contribution in [-0.2, 0) is 5.88 Å². The van der Waals surface area contributed by atoms with Gasteiger partial charge in [-0.3, -0.25) is 9.67 Å². The molecule has 0 fully saturated rings. The molecule has 96 valence electrons. The zero-order chi connectivity index (χ0) is 13.1. The van der Waals surface area contributed by atoms with E-state index in [1.807, 2.05) is 23.9 Å². The number of halogens is 1. The van der Waals surface area contributed by atoms with Gasteiger partial charge in [0.25, 0.3) is 0 Å². The van der Waals surface area contributed by atoms with E-state index in [1.54, 1.807) is 12.4 Å². The Morgan fingerprint density at radius 1 is 1.39 bits per heavy atom. The van der Waals surface area contributed by atoms with Crippen LogP contribution in [0.5, 0.6) is 11.5 Å². The molecule has 0 saturated carbocycles. The summed E-state index contributed by atoms with van der Waals surface area (Å²) in [6, 6.07) is 2.19. The first-order valence-electron chi connectivity index (χ1n) is 5.83. The van der Waals surface area contributed by atoms with Gasteiger partial charge in [-0.25, -0.2) is 0 Å². The molecule has 0 aromatic carbocycles. The Bertz CT molecular complexity index is 537. The Morgan fingerprint density at radius 3 is 2.78 bits per heavy atom. The maximum Gasteiger partial charge on any atom is 0.165 e. The van der Waals surface area contributed by atoms with Gasteiger partial charge in [0.1, 0.15) is 5.75 Å². The summed E-state index contributed by atoms with van der Waals surface area (Å²) < 4.78 is 7.66. The van der Waals surface area contributed by atoms with Crippen LogP contribution in [0.25, 0.3) is 0 Å². The minimum absolute atomic E-state index is 0.314. The maximum atomic E-state index is 5.87. The van der Waals surface area contributed by atoms with Crippen LogP contribution in [0, 0.1) is 6.92 Å². The molecule has 0 saturated heterocycles. The first kappa shape index (κ1) is 12.9. The minimum Gasteiger partial charge on any atom is -0.454 e. The van der Waals surface area contributed by atoms with Crippen LogP contribution < -0.4 is 4.74 Å². The van der Waals surface area contributed by atoms with E-state index >= 15 is 0 Å². The molecule has 0 aliphatic heterocycles. The molecule has 2 heterocycles. The van der Waals surface area contributed by atoms with Crippen molar-refractivity contribution in [1.29, 1.82) is 0 Å². The van der Waals surface area contributed by atoms with E-state index in [-0.39, 0.29) is 0 Å². The van der Waals surface area contributed by atoms with Crippen molar-refractivity contribution in [2.45, 2.75) is 32.7 Å². The van der Waals surface area contributed by atoms with Gasteiger partial charge in [0, 0.05) is 29.6 Å². The molecular formula is C13H16ClN3O. The average Bonchev–Trinajstić information content (AvgIpc) is 2.78. The molecule has 2 aromatic heterocycles. The molecule has 0 bridgehead atoms. The Hall–Kier alpha value is -1.55. The quantitative estimate of drug-likeness (QED) is 0.792. The fraction of sp³-hybridized carbons (Fsp3) is 0.385. The second-order valence-electron chi connectivity index (χ2n) is 4.42. The van der Waals surface area contributed by atoms with Crippen LogP contribution in [0.1, 0.15) is 31.1 Å². The summed E-state index contributed by atoms with van der Waals surface area (Å²) in [6.45, 7) is 6.05. The fourth-order valence-electron chi connectivity index (χ4n) is 1.54. The van der Waals surface area contributed by atoms with Gasteiger partial charge in [-0.15, -0.1) is 11.6 Å². The van der Waals surface area contributed by atoms with Crippen molar-refractivity contribution in [3.8, 4) is 11.5 Å². The van der Waals surface area contributed by atoms with Crippen molar-refractivity contribution in [1.82, 2.24) is 14.8 Å². The van der Waals surface area contributed by atoms with Crippen LogP contribution in [0.4, 0.5) is 0 Å². The molecule has 0 spiro atoms. The number of hydrogen-bond donors (Lipinski definition) is 0. The fourth-order valence-corrected chi connectivity index (χ4v) is 1.74. The van der Waals surface area contributed by atoms with E-state index in [2.05, 4.69) is 23.9 Å². The van der Waals surface area contributed by atoms with E-state index in [0.717, 1.165) is 17.0 Å². The largest absolute Gasteiger partial charge is 0.454 e. The highest BCUT2D eigenvalue weighted by Gasteiger charge is 2.08. The summed E-state index contributed by atoms with van der Waals surface area (Å²) in [5.41, 5.74) is 1.77. The van der Waals surface area contributed by atoms with Crippen molar-refractivity contribution in [3.63, 3.8) is 0 Å². The van der Waals surface area contributed by atoms with Crippen LogP contribution in [0.15, 0.2) is 24.7 Å². The monoisotopic (exact) mass is 265 g/mol. The lowest BCUT2D eigenvalue weighted by atomic mass is 10.2. The lowest BCUT2D eigenvalue weighted by Gasteiger charge is -2.08. The maximum absolute atomic E-state index is 5.87. The number of aryl methyl sites for hydroxylation is 1. The highest BCUT2D eigenvalue weighted by Crippen LogP contribution is 2.26. The number of aromatic nitrogens is 3. The summed E-state index contributed by atoms with van der Waals surface area (Å²) in [5.74, 6) is 1.82. The molecule has 0 aliphatic rings. The van der Waals surface area contributed by atoms with Gasteiger partial charge in [0.05, 0.1) is 18.3 Å². The third-order valence-corrected chi connectivity index (χ3v) is 2.85. The zero-order valence-electron chi connectivity index (χ0n) is 10.7. The van der Waals surface area contributed by atoms with Crippen LogP contribution >= 0.6 is 11.6 Å². The molecule has 0 aliphatic carbocycles. The molecule has 18 heavy (non-hydrogen) atoms. The van der Waals surface area contributed by atoms with E-state index in [4.69, 9.17) is 16.3 Å². The SMILES string of the molecule is Cc1cc(Oc2cnn(C(C)C)c2)c(CCl)cn1. The lowest BCUT2D eigenvalue weighted by Crippen LogP contribution is -1.99. The molecular weight excluding hydrogens is 250 g/mol. The van der Waals surface area contributed by atoms with E-state index in [9.17, 15) is 0 Å². The molecule has 0 unspecified atom stereocenters. The molecule has 0 N–H and O–H groups in total. The third kappa shape index (κ3) is 2.82. The highest BCUT2D eigenvalue weighted by molar-refractivity contribution is 6.17. The first-order valence-corrected chi connectivity index (χ1v) is 6.37. The van der Waals surface area contributed by atoms with Gasteiger partial charge in [0.15, 0.2) is 5.75 Å². The van der Waals surface area contributed by atoms with Gasteiger partial charge in [0.2, 0.25) is 0 Å². The predicted octanol–water partition coefficient (Wildman–Crippen LogP) is 3.70. The van der Waals surface area contributed by atoms with Crippen molar-refractivity contribution in [2.75, 3.05) is 0 Å². The summed E-state index contributed by atoms with van der Waals surface area (Å²) in [5, 5.41) is 4.23. The second kappa shape index (κ2) is 5.40. The molecule has 0 amide bonds. The van der Waals surface area contributed by atoms with Gasteiger partial charge < -0.3 is 4.74 Å². The highest BCUT2D eigenvalue weighted by atomic mass is 35.5. The normalized spacial score (nSPS) is 10.9. The molecule has 4 nitrogen and oxygen atoms in total. The number of rotatable bonds is 4. The van der Waals surface area contributed by atoms with Crippen molar-refractivity contribution < 1.29 is 4.74 Å². The number of nitrogens with zero attached hydrogens (tertiary/aromatic N) is 3. The summed E-state index contributed by atoms with van der Waals surface area (Å²) >= 11 is 5.87. The second-order valence-corrected chi connectivity index (χ2v) is 4.69. The Morgan fingerprint density at radius 2 is 2.17 bits per heavy atom. The summed E-state index contributed by atoms with van der Waals surface area (Å²) in [7, 11) is 0. The topological polar surface area (TPSA) is 39.9 Å². The smallest absolute Gasteiger partial charge is 0.165 e. The molecule has 2 rings (SSSR count). The van der Waals surface area contributed by atoms with Crippen LogP contribution in [-0.4, -0.2) is 14.8 Å². The average molecular weight is 266 g/mol. The predicted molar refractivity (Wildman–Crippen MR) is 71.2 cm³/mol. The zero-order valence-corrected chi connectivity index (χ0v) is 11.5. The van der Waals surface area contributed by atoms with Gasteiger partial charge >= 0.3 is 0 Å². The number of alkyl halides is 1. The lowest BCUT2D eigenvalue weighted by molar-refractivity contribution is 0.472. The number of ether oxygens (including phenoxy) is 1. The third-order valence-electron chi connectivity index (χ3n) is 2.56. The number of hydrogen-bond acceptors (Lipinski definition) is 3. The Balaban J connectivity index is 2.24. The van der Waals surface area contributed by atoms with E-state index in [0.29, 0.717) is 17.7 Å². The standard InChI is InChI=1S/C13H16ClN3O/c1-9(2)17-8-12(7-16-17)18-13-4-10(3)15-6-11(13)5-14/h4,6-9H,5H2,1-3H3. The van der Waals surface area contributed by atoms with Crippen LogP contribution in [0.3, 0.4) is 0 Å². The summed E-state index contributed by atoms with van der Waals surface area (Å²) in [6.07, 6.45) is 5.32. The molecule has 0 radical (unpaired) electrons. The van der Waals surface area contributed by atoms with E-state index < -0.39 is 0 Å². The van der Waals surface area contributed by atoms with Gasteiger partial charge in [-0.1, -0.05) is 0 Å². The van der Waals surface area contributed by atoms with Crippen molar-refractivity contribution >= 4 is 11.6 Å². The summed E-state index contributed by atoms with van der Waals surface area (Å²) in [4.78, 5) is 4.20. The van der Waals surface area contributed by atoms with Crippen LogP contribution in [0.2, 0.25) is 0 Å². The van der Waals surface area contributed by atoms with Gasteiger partial charge in [-0.05, 0) is 20.8 Å². The minimum atomic E-state index is 0.314. The number of pyridine rings is 1. The Kier molecular flexibility index (Phi) is 3.87. The molecule has 2 aromatic rings. The first-order chi connectivity index (χ1) is 8.60. The molecule has 5 heteroatoms. The Labute approximate surface area is 112 Å². The van der Waals surface area contributed by atoms with Crippen molar-refractivity contribution in [2.24, 2.45) is 0 Å². The molecule has 0 atom stereocenters. The van der Waals surface area contributed by atoms with Gasteiger partial charge in [-0.2, -0.15) is 5.10 Å².